The van der Waals surface area contributed by atoms with Gasteiger partial charge >= 0.3 is 0 Å². The third kappa shape index (κ3) is 4.15. The monoisotopic (exact) mass is 429 g/mol. The van der Waals surface area contributed by atoms with Crippen molar-refractivity contribution in [1.82, 2.24) is 14.5 Å². The SMILES string of the molecule is Cc1cc(CC(=O)c2cn(C)c3ccccc23)cnc1C1=CCC(N2CCOCC2)CC1. The first-order chi connectivity index (χ1) is 15.6. The Hall–Kier alpha value is -2.76. The minimum Gasteiger partial charge on any atom is -0.379 e. The van der Waals surface area contributed by atoms with Crippen LogP contribution in [0.15, 0.2) is 48.8 Å². The van der Waals surface area contributed by atoms with E-state index in [1.54, 1.807) is 0 Å². The summed E-state index contributed by atoms with van der Waals surface area (Å²) < 4.78 is 7.52. The average Bonchev–Trinajstić information content (AvgIpc) is 3.17. The summed E-state index contributed by atoms with van der Waals surface area (Å²) in [5.74, 6) is 0.140. The molecule has 0 radical (unpaired) electrons. The Morgan fingerprint density at radius 1 is 1.22 bits per heavy atom. The van der Waals surface area contributed by atoms with Crippen LogP contribution in [0, 0.1) is 6.92 Å². The predicted octanol–water partition coefficient (Wildman–Crippen LogP) is 4.58. The van der Waals surface area contributed by atoms with Crippen molar-refractivity contribution in [2.24, 2.45) is 7.05 Å². The van der Waals surface area contributed by atoms with Crippen molar-refractivity contribution < 1.29 is 9.53 Å². The van der Waals surface area contributed by atoms with Crippen molar-refractivity contribution in [2.45, 2.75) is 38.6 Å². The highest BCUT2D eigenvalue weighted by atomic mass is 16.5. The number of morpholine rings is 1. The van der Waals surface area contributed by atoms with Gasteiger partial charge in [-0.3, -0.25) is 14.7 Å². The molecular weight excluding hydrogens is 398 g/mol. The molecule has 166 valence electrons. The smallest absolute Gasteiger partial charge is 0.169 e. The third-order valence-electron chi connectivity index (χ3n) is 6.95. The van der Waals surface area contributed by atoms with Crippen molar-refractivity contribution in [3.63, 3.8) is 0 Å². The maximum absolute atomic E-state index is 13.1. The number of hydrogen-bond donors (Lipinski definition) is 0. The number of rotatable bonds is 5. The van der Waals surface area contributed by atoms with Crippen LogP contribution in [0.1, 0.15) is 46.4 Å². The molecule has 3 aromatic rings. The lowest BCUT2D eigenvalue weighted by Crippen LogP contribution is -2.43. The maximum atomic E-state index is 13.1. The number of aryl methyl sites for hydroxylation is 2. The standard InChI is InChI=1S/C27H31N3O2/c1-19-15-20(16-26(31)24-18-29(2)25-6-4-3-5-23(24)25)17-28-27(19)21-7-9-22(10-8-21)30-11-13-32-14-12-30/h3-7,15,17-18,22H,8-14,16H2,1-2H3. The summed E-state index contributed by atoms with van der Waals surface area (Å²) in [6.45, 7) is 5.91. The van der Waals surface area contributed by atoms with Crippen molar-refractivity contribution >= 4 is 22.3 Å². The Labute approximate surface area is 189 Å². The van der Waals surface area contributed by atoms with Crippen LogP contribution in [0.2, 0.25) is 0 Å². The van der Waals surface area contributed by atoms with Gasteiger partial charge in [-0.05, 0) is 49.0 Å². The van der Waals surface area contributed by atoms with Crippen LogP contribution in [0.5, 0.6) is 0 Å². The normalized spacial score (nSPS) is 19.8. The summed E-state index contributed by atoms with van der Waals surface area (Å²) in [6, 6.07) is 10.8. The van der Waals surface area contributed by atoms with E-state index in [1.807, 2.05) is 48.3 Å². The Morgan fingerprint density at radius 2 is 2.03 bits per heavy atom. The fourth-order valence-electron chi connectivity index (χ4n) is 5.22. The van der Waals surface area contributed by atoms with Gasteiger partial charge in [0, 0.05) is 61.5 Å². The Kier molecular flexibility index (Phi) is 5.94. The average molecular weight is 430 g/mol. The molecule has 0 spiro atoms. The van der Waals surface area contributed by atoms with E-state index in [0.717, 1.165) is 72.4 Å². The van der Waals surface area contributed by atoms with E-state index in [2.05, 4.69) is 24.0 Å². The second kappa shape index (κ2) is 9.00. The molecule has 5 nitrogen and oxygen atoms in total. The van der Waals surface area contributed by atoms with Crippen LogP contribution in [-0.2, 0) is 18.2 Å². The van der Waals surface area contributed by atoms with Gasteiger partial charge in [-0.15, -0.1) is 0 Å². The van der Waals surface area contributed by atoms with Crippen LogP contribution in [0.4, 0.5) is 0 Å². The second-order valence-electron chi connectivity index (χ2n) is 9.09. The molecule has 0 bridgehead atoms. The van der Waals surface area contributed by atoms with E-state index in [-0.39, 0.29) is 5.78 Å². The molecule has 5 rings (SSSR count). The van der Waals surface area contributed by atoms with Gasteiger partial charge in [0.1, 0.15) is 0 Å². The number of carbonyl (C=O) groups excluding carboxylic acids is 1. The zero-order valence-corrected chi connectivity index (χ0v) is 19.0. The minimum atomic E-state index is 0.140. The largest absolute Gasteiger partial charge is 0.379 e. The zero-order chi connectivity index (χ0) is 22.1. The van der Waals surface area contributed by atoms with E-state index in [4.69, 9.17) is 9.72 Å². The first kappa shape index (κ1) is 21.1. The van der Waals surface area contributed by atoms with Crippen molar-refractivity contribution in [3.8, 4) is 0 Å². The van der Waals surface area contributed by atoms with Crippen molar-refractivity contribution in [2.75, 3.05) is 26.3 Å². The quantitative estimate of drug-likeness (QED) is 0.557. The van der Waals surface area contributed by atoms with Gasteiger partial charge in [-0.2, -0.15) is 0 Å². The number of hydrogen-bond acceptors (Lipinski definition) is 4. The fourth-order valence-corrected chi connectivity index (χ4v) is 5.22. The van der Waals surface area contributed by atoms with Crippen LogP contribution in [0.3, 0.4) is 0 Å². The number of nitrogens with zero attached hydrogens (tertiary/aromatic N) is 3. The molecule has 1 saturated heterocycles. The summed E-state index contributed by atoms with van der Waals surface area (Å²) in [6.07, 6.45) is 9.90. The molecule has 1 aliphatic heterocycles. The fraction of sp³-hybridized carbons (Fsp3) is 0.407. The number of pyridine rings is 1. The van der Waals surface area contributed by atoms with Crippen molar-refractivity contribution in [3.05, 3.63) is 71.2 Å². The first-order valence-electron chi connectivity index (χ1n) is 11.6. The lowest BCUT2D eigenvalue weighted by molar-refractivity contribution is 0.0150. The number of fused-ring (bicyclic) bond motifs is 1. The minimum absolute atomic E-state index is 0.140. The third-order valence-corrected chi connectivity index (χ3v) is 6.95. The Balaban J connectivity index is 1.29. The number of ketones is 1. The summed E-state index contributed by atoms with van der Waals surface area (Å²) in [7, 11) is 1.99. The molecule has 3 heterocycles. The molecular formula is C27H31N3O2. The highest BCUT2D eigenvalue weighted by Gasteiger charge is 2.24. The Morgan fingerprint density at radius 3 is 2.78 bits per heavy atom. The predicted molar refractivity (Wildman–Crippen MR) is 128 cm³/mol. The molecule has 2 aliphatic rings. The van der Waals surface area contributed by atoms with Crippen molar-refractivity contribution in [1.29, 1.82) is 0 Å². The van der Waals surface area contributed by atoms with Gasteiger partial charge in [0.05, 0.1) is 18.9 Å². The molecule has 1 aliphatic carbocycles. The van der Waals surface area contributed by atoms with Gasteiger partial charge in [0.15, 0.2) is 5.78 Å². The highest BCUT2D eigenvalue weighted by Crippen LogP contribution is 2.31. The van der Waals surface area contributed by atoms with E-state index in [9.17, 15) is 4.79 Å². The molecule has 32 heavy (non-hydrogen) atoms. The van der Waals surface area contributed by atoms with E-state index >= 15 is 0 Å². The maximum Gasteiger partial charge on any atom is 0.169 e. The molecule has 0 saturated carbocycles. The molecule has 1 atom stereocenters. The molecule has 5 heteroatoms. The molecule has 2 aromatic heterocycles. The first-order valence-corrected chi connectivity index (χ1v) is 11.6. The lowest BCUT2D eigenvalue weighted by atomic mass is 9.90. The van der Waals surface area contributed by atoms with Crippen LogP contribution in [0.25, 0.3) is 16.5 Å². The molecule has 1 aromatic carbocycles. The second-order valence-corrected chi connectivity index (χ2v) is 9.09. The summed E-state index contributed by atoms with van der Waals surface area (Å²) in [5.41, 5.74) is 6.44. The molecule has 1 fully saturated rings. The molecule has 0 amide bonds. The number of ether oxygens (including phenoxy) is 1. The van der Waals surface area contributed by atoms with Gasteiger partial charge in [-0.1, -0.05) is 30.3 Å². The number of benzene rings is 1. The highest BCUT2D eigenvalue weighted by molar-refractivity contribution is 6.08. The van der Waals surface area contributed by atoms with Gasteiger partial charge in [-0.25, -0.2) is 0 Å². The lowest BCUT2D eigenvalue weighted by Gasteiger charge is -2.36. The van der Waals surface area contributed by atoms with E-state index in [1.165, 1.54) is 12.0 Å². The number of Topliss-reactive ketones (excluding diaryl/α,β-unsaturated/α-hetero) is 1. The van der Waals surface area contributed by atoms with Gasteiger partial charge in [0.2, 0.25) is 0 Å². The number of carbonyl (C=O) groups is 1. The summed E-state index contributed by atoms with van der Waals surface area (Å²) in [4.78, 5) is 20.4. The zero-order valence-electron chi connectivity index (χ0n) is 19.0. The van der Waals surface area contributed by atoms with Gasteiger partial charge in [0.25, 0.3) is 0 Å². The van der Waals surface area contributed by atoms with Crippen LogP contribution >= 0.6 is 0 Å². The van der Waals surface area contributed by atoms with Crippen LogP contribution in [-0.4, -0.2) is 52.6 Å². The number of allylic oxidation sites excluding steroid dienone is 1. The topological polar surface area (TPSA) is 47.4 Å². The van der Waals surface area contributed by atoms with Crippen LogP contribution < -0.4 is 0 Å². The molecule has 1 unspecified atom stereocenters. The van der Waals surface area contributed by atoms with Gasteiger partial charge < -0.3 is 9.30 Å². The van der Waals surface area contributed by atoms with E-state index < -0.39 is 0 Å². The van der Waals surface area contributed by atoms with E-state index in [0.29, 0.717) is 12.5 Å². The number of para-hydroxylation sites is 1. The number of aromatic nitrogens is 2. The Bertz CT molecular complexity index is 1170. The molecule has 0 N–H and O–H groups in total. The summed E-state index contributed by atoms with van der Waals surface area (Å²) >= 11 is 0. The summed E-state index contributed by atoms with van der Waals surface area (Å²) in [5, 5.41) is 1.02.